The van der Waals surface area contributed by atoms with Gasteiger partial charge in [0.25, 0.3) is 0 Å². The lowest BCUT2D eigenvalue weighted by molar-refractivity contribution is -0.145. The summed E-state index contributed by atoms with van der Waals surface area (Å²) in [6.07, 6.45) is 3.11. The number of unbranched alkanes of at least 4 members (excludes halogenated alkanes) is 1. The summed E-state index contributed by atoms with van der Waals surface area (Å²) in [5, 5.41) is 16.8. The third kappa shape index (κ3) is 11.0. The van der Waals surface area contributed by atoms with Gasteiger partial charge in [-0.05, 0) is 64.3 Å². The van der Waals surface area contributed by atoms with E-state index in [0.717, 1.165) is 0 Å². The number of carbonyl (C=O) groups excluding carboxylic acids is 6. The van der Waals surface area contributed by atoms with E-state index in [9.17, 15) is 33.6 Å². The summed E-state index contributed by atoms with van der Waals surface area (Å²) >= 11 is 0. The molecule has 6 atom stereocenters. The molecule has 2 rings (SSSR count). The first kappa shape index (κ1) is 37.4. The fourth-order valence-electron chi connectivity index (χ4n) is 5.67. The number of nitrogens with one attached hydrogen (secondary N) is 3. The van der Waals surface area contributed by atoms with Crippen molar-refractivity contribution in [1.29, 1.82) is 0 Å². The van der Waals surface area contributed by atoms with Crippen molar-refractivity contribution in [2.45, 2.75) is 115 Å². The van der Waals surface area contributed by atoms with Crippen molar-refractivity contribution in [3.8, 4) is 0 Å². The molecule has 0 bridgehead atoms. The van der Waals surface area contributed by atoms with E-state index < -0.39 is 78.2 Å². The molecular formula is C29H50N8O8. The van der Waals surface area contributed by atoms with Gasteiger partial charge in [-0.25, -0.2) is 0 Å². The van der Waals surface area contributed by atoms with E-state index in [2.05, 4.69) is 16.0 Å². The molecule has 0 unspecified atom stereocenters. The fourth-order valence-corrected chi connectivity index (χ4v) is 5.67. The minimum absolute atomic E-state index is 0.0276. The Morgan fingerprint density at radius 3 is 1.84 bits per heavy atom. The van der Waals surface area contributed by atoms with Gasteiger partial charge in [0.05, 0.1) is 12.5 Å². The molecule has 2 saturated heterocycles. The van der Waals surface area contributed by atoms with Crippen LogP contribution in [0.1, 0.15) is 78.6 Å². The number of hydrogen-bond donors (Lipinski definition) is 7. The number of amides is 6. The molecule has 16 nitrogen and oxygen atoms in total. The highest BCUT2D eigenvalue weighted by atomic mass is 16.4. The lowest BCUT2D eigenvalue weighted by Gasteiger charge is -2.31. The topological polar surface area (TPSA) is 260 Å². The van der Waals surface area contributed by atoms with Crippen molar-refractivity contribution < 1.29 is 38.7 Å². The van der Waals surface area contributed by atoms with Crippen LogP contribution in [0.2, 0.25) is 0 Å². The largest absolute Gasteiger partial charge is 0.480 e. The number of nitrogens with two attached hydrogens (primary N) is 3. The summed E-state index contributed by atoms with van der Waals surface area (Å²) in [6.45, 7) is 5.93. The van der Waals surface area contributed by atoms with Crippen LogP contribution in [0, 0.1) is 5.92 Å². The van der Waals surface area contributed by atoms with Crippen LogP contribution in [0.5, 0.6) is 0 Å². The molecule has 0 saturated carbocycles. The van der Waals surface area contributed by atoms with Crippen LogP contribution in [0.3, 0.4) is 0 Å². The van der Waals surface area contributed by atoms with Crippen LogP contribution in [-0.2, 0) is 33.6 Å². The van der Waals surface area contributed by atoms with Gasteiger partial charge in [0.1, 0.15) is 30.2 Å². The summed E-state index contributed by atoms with van der Waals surface area (Å²) in [6, 6.07) is -6.30. The summed E-state index contributed by atoms with van der Waals surface area (Å²) in [5.41, 5.74) is 17.0. The predicted octanol–water partition coefficient (Wildman–Crippen LogP) is -2.09. The number of hydrogen-bond acceptors (Lipinski definition) is 9. The van der Waals surface area contributed by atoms with E-state index in [1.54, 1.807) is 0 Å². The van der Waals surface area contributed by atoms with Gasteiger partial charge in [0.2, 0.25) is 35.4 Å². The molecule has 0 aromatic heterocycles. The average Bonchev–Trinajstić information content (AvgIpc) is 3.65. The Balaban J connectivity index is 2.16. The molecule has 2 heterocycles. The second-order valence-electron chi connectivity index (χ2n) is 12.3. The Kier molecular flexibility index (Phi) is 14.7. The number of nitrogens with zero attached hydrogens (tertiary/aromatic N) is 2. The zero-order valence-electron chi connectivity index (χ0n) is 26.5. The molecule has 6 amide bonds. The minimum Gasteiger partial charge on any atom is -0.480 e. The van der Waals surface area contributed by atoms with Crippen molar-refractivity contribution in [1.82, 2.24) is 25.8 Å². The molecule has 0 aromatic rings. The van der Waals surface area contributed by atoms with Gasteiger partial charge in [-0.1, -0.05) is 20.3 Å². The number of rotatable bonds is 17. The maximum absolute atomic E-state index is 13.7. The van der Waals surface area contributed by atoms with Crippen LogP contribution < -0.4 is 33.2 Å². The van der Waals surface area contributed by atoms with E-state index >= 15 is 0 Å². The Bertz CT molecular complexity index is 1100. The number of carbonyl (C=O) groups is 7. The highest BCUT2D eigenvalue weighted by molar-refractivity contribution is 5.98. The summed E-state index contributed by atoms with van der Waals surface area (Å²) in [5.74, 6) is -5.10. The first-order valence-corrected chi connectivity index (χ1v) is 15.7. The van der Waals surface area contributed by atoms with Crippen molar-refractivity contribution >= 4 is 41.4 Å². The normalized spacial score (nSPS) is 20.7. The van der Waals surface area contributed by atoms with Gasteiger partial charge in [-0.3, -0.25) is 33.6 Å². The smallest absolute Gasteiger partial charge is 0.325 e. The molecule has 2 fully saturated rings. The monoisotopic (exact) mass is 638 g/mol. The maximum Gasteiger partial charge on any atom is 0.325 e. The lowest BCUT2D eigenvalue weighted by Crippen LogP contribution is -2.59. The number of aliphatic carboxylic acids is 1. The van der Waals surface area contributed by atoms with Crippen molar-refractivity contribution in [2.75, 3.05) is 19.6 Å². The van der Waals surface area contributed by atoms with Gasteiger partial charge >= 0.3 is 5.97 Å². The number of carboxylic acids is 1. The number of likely N-dealkylation sites (tertiary alicyclic amines) is 2. The van der Waals surface area contributed by atoms with Crippen LogP contribution in [0.15, 0.2) is 0 Å². The molecular weight excluding hydrogens is 588 g/mol. The minimum atomic E-state index is -1.38. The Morgan fingerprint density at radius 2 is 1.36 bits per heavy atom. The van der Waals surface area contributed by atoms with Crippen LogP contribution in [0.25, 0.3) is 0 Å². The maximum atomic E-state index is 13.7. The van der Waals surface area contributed by atoms with Gasteiger partial charge in [-0.15, -0.1) is 0 Å². The molecule has 0 spiro atoms. The van der Waals surface area contributed by atoms with E-state index in [4.69, 9.17) is 22.3 Å². The first-order chi connectivity index (χ1) is 21.2. The molecule has 0 aromatic carbocycles. The summed E-state index contributed by atoms with van der Waals surface area (Å²) < 4.78 is 0. The Labute approximate surface area is 263 Å². The first-order valence-electron chi connectivity index (χ1n) is 15.7. The molecule has 10 N–H and O–H groups in total. The highest BCUT2D eigenvalue weighted by Crippen LogP contribution is 2.22. The second-order valence-corrected chi connectivity index (χ2v) is 12.3. The standard InChI is InChI=1S/C29H50N8O8/c1-16(2)14-19(24(39)33-17(3)29(44)45)34-25(40)22-10-7-13-37(22)28(43)20(15-23(32)38)35-26(41)21-9-6-12-36(21)27(42)18(31)8-4-5-11-30/h16-22H,4-15,30-31H2,1-3H3,(H2,32,38)(H,33,39)(H,34,40)(H,35,41)(H,44,45)/t17-,18-,19-,20-,21-,22-/m0/s1. The van der Waals surface area contributed by atoms with Crippen LogP contribution >= 0.6 is 0 Å². The fraction of sp³-hybridized carbons (Fsp3) is 0.759. The van der Waals surface area contributed by atoms with Crippen molar-refractivity contribution in [3.63, 3.8) is 0 Å². The van der Waals surface area contributed by atoms with E-state index in [1.165, 1.54) is 16.7 Å². The second kappa shape index (κ2) is 17.6. The summed E-state index contributed by atoms with van der Waals surface area (Å²) in [7, 11) is 0. The quantitative estimate of drug-likeness (QED) is 0.0854. The molecule has 0 radical (unpaired) electrons. The number of primary amides is 1. The number of carboxylic acid groups (broad SMARTS) is 1. The summed E-state index contributed by atoms with van der Waals surface area (Å²) in [4.78, 5) is 92.1. The zero-order chi connectivity index (χ0) is 33.8. The highest BCUT2D eigenvalue weighted by Gasteiger charge is 2.42. The van der Waals surface area contributed by atoms with Gasteiger partial charge in [-0.2, -0.15) is 0 Å². The van der Waals surface area contributed by atoms with E-state index in [-0.39, 0.29) is 31.2 Å². The average molecular weight is 639 g/mol. The third-order valence-electron chi connectivity index (χ3n) is 8.05. The molecule has 254 valence electrons. The van der Waals surface area contributed by atoms with E-state index in [1.807, 2.05) is 13.8 Å². The molecule has 16 heteroatoms. The van der Waals surface area contributed by atoms with E-state index in [0.29, 0.717) is 51.6 Å². The van der Waals surface area contributed by atoms with Crippen LogP contribution in [-0.4, -0.2) is 112 Å². The molecule has 0 aliphatic carbocycles. The zero-order valence-corrected chi connectivity index (χ0v) is 26.5. The van der Waals surface area contributed by atoms with Gasteiger partial charge in [0.15, 0.2) is 0 Å². The van der Waals surface area contributed by atoms with Crippen molar-refractivity contribution in [3.05, 3.63) is 0 Å². The molecule has 2 aliphatic heterocycles. The van der Waals surface area contributed by atoms with Crippen molar-refractivity contribution in [2.24, 2.45) is 23.1 Å². The predicted molar refractivity (Wildman–Crippen MR) is 163 cm³/mol. The van der Waals surface area contributed by atoms with Crippen LogP contribution in [0.4, 0.5) is 0 Å². The van der Waals surface area contributed by atoms with Gasteiger partial charge < -0.3 is 48.1 Å². The molecule has 45 heavy (non-hydrogen) atoms. The Morgan fingerprint density at radius 1 is 0.822 bits per heavy atom. The molecule has 2 aliphatic rings. The van der Waals surface area contributed by atoms with Gasteiger partial charge in [0, 0.05) is 13.1 Å². The lowest BCUT2D eigenvalue weighted by atomic mass is 10.0. The SMILES string of the molecule is CC(C)C[C@H](NC(=O)[C@@H]1CCCN1C(=O)[C@H](CC(N)=O)NC(=O)[C@@H]1CCCN1C(=O)[C@@H](N)CCCCN)C(=O)N[C@@H](C)C(=O)O. The third-order valence-corrected chi connectivity index (χ3v) is 8.05. The Hall–Kier alpha value is -3.79.